The predicted octanol–water partition coefficient (Wildman–Crippen LogP) is 3.23. The van der Waals surface area contributed by atoms with Crippen LogP contribution in [0, 0.1) is 6.92 Å². The molecule has 3 nitrogen and oxygen atoms in total. The summed E-state index contributed by atoms with van der Waals surface area (Å²) in [6, 6.07) is 6.14. The van der Waals surface area contributed by atoms with Gasteiger partial charge >= 0.3 is 0 Å². The molecule has 0 atom stereocenters. The fourth-order valence-corrected chi connectivity index (χ4v) is 1.90. The van der Waals surface area contributed by atoms with Gasteiger partial charge in [0.1, 0.15) is 5.78 Å². The Morgan fingerprint density at radius 2 is 1.79 bits per heavy atom. The van der Waals surface area contributed by atoms with E-state index in [-0.39, 0.29) is 23.5 Å². The number of nitrogens with zero attached hydrogens (tertiary/aromatic N) is 1. The molecule has 1 rings (SSSR count). The lowest BCUT2D eigenvalue weighted by Gasteiger charge is -2.24. The van der Waals surface area contributed by atoms with Crippen molar-refractivity contribution in [2.75, 3.05) is 11.9 Å². The average molecular weight is 261 g/mol. The van der Waals surface area contributed by atoms with Gasteiger partial charge in [-0.1, -0.05) is 32.9 Å². The Bertz CT molecular complexity index is 498. The van der Waals surface area contributed by atoms with E-state index in [0.717, 1.165) is 11.3 Å². The van der Waals surface area contributed by atoms with Crippen LogP contribution in [0.5, 0.6) is 0 Å². The van der Waals surface area contributed by atoms with Gasteiger partial charge < -0.3 is 4.90 Å². The summed E-state index contributed by atoms with van der Waals surface area (Å²) in [6.07, 6.45) is -0.0459. The monoisotopic (exact) mass is 261 g/mol. The maximum Gasteiger partial charge on any atom is 0.234 e. The minimum atomic E-state index is -0.165. The standard InChI is InChI=1S/C16H23NO2/c1-11-7-8-13(16(3,4)5)10-14(11)17(6)15(19)9-12(2)18/h7-8,10H,9H2,1-6H3. The second-order valence-electron chi connectivity index (χ2n) is 6.08. The molecule has 0 fully saturated rings. The maximum atomic E-state index is 12.0. The Balaban J connectivity index is 3.12. The molecule has 0 heterocycles. The Hall–Kier alpha value is -1.64. The van der Waals surface area contributed by atoms with Crippen LogP contribution in [0.2, 0.25) is 0 Å². The highest BCUT2D eigenvalue weighted by atomic mass is 16.2. The quantitative estimate of drug-likeness (QED) is 0.783. The lowest BCUT2D eigenvalue weighted by Crippen LogP contribution is -2.28. The van der Waals surface area contributed by atoms with Crippen LogP contribution in [0.3, 0.4) is 0 Å². The maximum absolute atomic E-state index is 12.0. The summed E-state index contributed by atoms with van der Waals surface area (Å²) in [4.78, 5) is 24.6. The Labute approximate surface area is 115 Å². The highest BCUT2D eigenvalue weighted by Crippen LogP contribution is 2.28. The summed E-state index contributed by atoms with van der Waals surface area (Å²) in [7, 11) is 1.72. The van der Waals surface area contributed by atoms with Crippen LogP contribution in [0.15, 0.2) is 18.2 Å². The van der Waals surface area contributed by atoms with Crippen LogP contribution in [0.4, 0.5) is 5.69 Å². The number of ketones is 1. The van der Waals surface area contributed by atoms with E-state index >= 15 is 0 Å². The molecule has 0 unspecified atom stereocenters. The highest BCUT2D eigenvalue weighted by Gasteiger charge is 2.19. The largest absolute Gasteiger partial charge is 0.315 e. The van der Waals surface area contributed by atoms with Crippen molar-refractivity contribution in [3.63, 3.8) is 0 Å². The number of amides is 1. The summed E-state index contributed by atoms with van der Waals surface area (Å²) in [6.45, 7) is 9.82. The van der Waals surface area contributed by atoms with E-state index in [1.807, 2.05) is 19.1 Å². The first-order valence-corrected chi connectivity index (χ1v) is 6.50. The molecule has 0 aliphatic carbocycles. The molecule has 0 spiro atoms. The fraction of sp³-hybridized carbons (Fsp3) is 0.500. The first-order valence-electron chi connectivity index (χ1n) is 6.50. The molecule has 0 aromatic heterocycles. The van der Waals surface area contributed by atoms with Crippen LogP contribution >= 0.6 is 0 Å². The zero-order valence-corrected chi connectivity index (χ0v) is 12.7. The summed E-state index contributed by atoms with van der Waals surface area (Å²) in [5.41, 5.74) is 3.12. The van der Waals surface area contributed by atoms with Crippen LogP contribution in [0.25, 0.3) is 0 Å². The minimum absolute atomic E-state index is 0.0346. The molecular formula is C16H23NO2. The predicted molar refractivity (Wildman–Crippen MR) is 78.6 cm³/mol. The third-order valence-corrected chi connectivity index (χ3v) is 3.21. The molecule has 1 amide bonds. The van der Waals surface area contributed by atoms with Crippen molar-refractivity contribution in [2.45, 2.75) is 46.5 Å². The van der Waals surface area contributed by atoms with E-state index in [1.54, 1.807) is 11.9 Å². The van der Waals surface area contributed by atoms with Crippen LogP contribution in [0.1, 0.15) is 45.2 Å². The molecule has 3 heteroatoms. The first kappa shape index (κ1) is 15.4. The van der Waals surface area contributed by atoms with E-state index in [1.165, 1.54) is 12.5 Å². The molecule has 0 saturated heterocycles. The van der Waals surface area contributed by atoms with Crippen molar-refractivity contribution < 1.29 is 9.59 Å². The van der Waals surface area contributed by atoms with E-state index in [9.17, 15) is 9.59 Å². The molecule has 0 aliphatic rings. The first-order chi connectivity index (χ1) is 8.62. The summed E-state index contributed by atoms with van der Waals surface area (Å²) in [5.74, 6) is -0.275. The summed E-state index contributed by atoms with van der Waals surface area (Å²) >= 11 is 0. The summed E-state index contributed by atoms with van der Waals surface area (Å²) in [5, 5.41) is 0. The molecule has 1 aromatic rings. The molecule has 0 aliphatic heterocycles. The third kappa shape index (κ3) is 3.91. The normalized spacial score (nSPS) is 11.3. The molecule has 0 bridgehead atoms. The van der Waals surface area contributed by atoms with E-state index in [0.29, 0.717) is 0 Å². The van der Waals surface area contributed by atoms with Gasteiger partial charge in [0.05, 0.1) is 6.42 Å². The number of benzene rings is 1. The number of hydrogen-bond acceptors (Lipinski definition) is 2. The number of carbonyl (C=O) groups excluding carboxylic acids is 2. The van der Waals surface area contributed by atoms with Gasteiger partial charge in [0.25, 0.3) is 0 Å². The van der Waals surface area contributed by atoms with Crippen molar-refractivity contribution in [2.24, 2.45) is 0 Å². The second-order valence-corrected chi connectivity index (χ2v) is 6.08. The molecule has 1 aromatic carbocycles. The molecular weight excluding hydrogens is 238 g/mol. The van der Waals surface area contributed by atoms with Gasteiger partial charge in [-0.25, -0.2) is 0 Å². The lowest BCUT2D eigenvalue weighted by atomic mass is 9.86. The van der Waals surface area contributed by atoms with Crippen molar-refractivity contribution in [3.8, 4) is 0 Å². The topological polar surface area (TPSA) is 37.4 Å². The van der Waals surface area contributed by atoms with E-state index < -0.39 is 0 Å². The lowest BCUT2D eigenvalue weighted by molar-refractivity contribution is -0.125. The van der Waals surface area contributed by atoms with E-state index in [2.05, 4.69) is 26.8 Å². The Morgan fingerprint density at radius 3 is 2.26 bits per heavy atom. The van der Waals surface area contributed by atoms with Crippen LogP contribution in [-0.4, -0.2) is 18.7 Å². The number of carbonyl (C=O) groups is 2. The number of aryl methyl sites for hydroxylation is 1. The van der Waals surface area contributed by atoms with Gasteiger partial charge in [-0.2, -0.15) is 0 Å². The van der Waals surface area contributed by atoms with E-state index in [4.69, 9.17) is 0 Å². The van der Waals surface area contributed by atoms with Gasteiger partial charge in [0.15, 0.2) is 0 Å². The molecule has 19 heavy (non-hydrogen) atoms. The van der Waals surface area contributed by atoms with Crippen LogP contribution < -0.4 is 4.90 Å². The Morgan fingerprint density at radius 1 is 1.21 bits per heavy atom. The van der Waals surface area contributed by atoms with Crippen molar-refractivity contribution in [3.05, 3.63) is 29.3 Å². The zero-order valence-electron chi connectivity index (χ0n) is 12.7. The minimum Gasteiger partial charge on any atom is -0.315 e. The average Bonchev–Trinajstić information content (AvgIpc) is 2.26. The van der Waals surface area contributed by atoms with Crippen molar-refractivity contribution >= 4 is 17.4 Å². The molecule has 0 radical (unpaired) electrons. The SMILES string of the molecule is CC(=O)CC(=O)N(C)c1cc(C(C)(C)C)ccc1C. The zero-order chi connectivity index (χ0) is 14.8. The van der Waals surface area contributed by atoms with Gasteiger partial charge in [-0.3, -0.25) is 9.59 Å². The van der Waals surface area contributed by atoms with Gasteiger partial charge in [-0.15, -0.1) is 0 Å². The number of rotatable bonds is 3. The number of Topliss-reactive ketones (excluding diaryl/α,β-unsaturated/α-hetero) is 1. The van der Waals surface area contributed by atoms with Crippen molar-refractivity contribution in [1.82, 2.24) is 0 Å². The van der Waals surface area contributed by atoms with Gasteiger partial charge in [0.2, 0.25) is 5.91 Å². The fourth-order valence-electron chi connectivity index (χ4n) is 1.90. The van der Waals surface area contributed by atoms with Crippen LogP contribution in [-0.2, 0) is 15.0 Å². The third-order valence-electron chi connectivity index (χ3n) is 3.21. The van der Waals surface area contributed by atoms with Gasteiger partial charge in [0, 0.05) is 12.7 Å². The smallest absolute Gasteiger partial charge is 0.234 e. The van der Waals surface area contributed by atoms with Gasteiger partial charge in [-0.05, 0) is 36.5 Å². The Kier molecular flexibility index (Phi) is 4.51. The number of anilines is 1. The molecule has 0 saturated carbocycles. The van der Waals surface area contributed by atoms with Crippen molar-refractivity contribution in [1.29, 1.82) is 0 Å². The highest BCUT2D eigenvalue weighted by molar-refractivity contribution is 6.05. The molecule has 0 N–H and O–H groups in total. The molecule has 104 valence electrons. The summed E-state index contributed by atoms with van der Waals surface area (Å²) < 4.78 is 0. The number of hydrogen-bond donors (Lipinski definition) is 0. The second kappa shape index (κ2) is 5.55.